The summed E-state index contributed by atoms with van der Waals surface area (Å²) in [6.45, 7) is 2.89. The zero-order chi connectivity index (χ0) is 32.0. The molecule has 2 heterocycles. The number of para-hydroxylation sites is 1. The molecule has 9 rings (SSSR count). The van der Waals surface area contributed by atoms with E-state index in [1.54, 1.807) is 11.3 Å². The molecule has 4 heteroatoms. The van der Waals surface area contributed by atoms with Crippen molar-refractivity contribution >= 4 is 65.7 Å². The molecule has 1 aliphatic carbocycles. The summed E-state index contributed by atoms with van der Waals surface area (Å²) in [4.78, 5) is 9.71. The summed E-state index contributed by atoms with van der Waals surface area (Å²) in [5.74, 6) is 0.853. The van der Waals surface area contributed by atoms with Gasteiger partial charge in [-0.25, -0.2) is 4.98 Å². The summed E-state index contributed by atoms with van der Waals surface area (Å²) >= 11 is 1.75. The fourth-order valence-corrected chi connectivity index (χ4v) is 8.32. The normalized spacial score (nSPS) is 12.9. The minimum Gasteiger partial charge on any atom is -0.491 e. The summed E-state index contributed by atoms with van der Waals surface area (Å²) in [5, 5.41) is 9.90. The van der Waals surface area contributed by atoms with Gasteiger partial charge in [0.05, 0.1) is 16.8 Å². The molecule has 2 aromatic heterocycles. The van der Waals surface area contributed by atoms with Crippen molar-refractivity contribution in [2.75, 3.05) is 6.61 Å². The predicted octanol–water partition coefficient (Wildman–Crippen LogP) is 10.4. The van der Waals surface area contributed by atoms with Crippen LogP contribution in [0.25, 0.3) is 76.0 Å². The van der Waals surface area contributed by atoms with Gasteiger partial charge in [-0.3, -0.25) is 4.98 Å². The van der Waals surface area contributed by atoms with Gasteiger partial charge >= 0.3 is 0 Å². The summed E-state index contributed by atoms with van der Waals surface area (Å²) in [6.07, 6.45) is 8.47. The predicted molar refractivity (Wildman–Crippen MR) is 203 cm³/mol. The number of pyridine rings is 1. The van der Waals surface area contributed by atoms with Crippen molar-refractivity contribution in [2.45, 2.75) is 32.6 Å². The molecular weight excluding hydrogens is 605 g/mol. The van der Waals surface area contributed by atoms with Crippen LogP contribution in [-0.2, 0) is 0 Å². The summed E-state index contributed by atoms with van der Waals surface area (Å²) in [5.41, 5.74) is 8.28. The van der Waals surface area contributed by atoms with Crippen molar-refractivity contribution in [3.05, 3.63) is 137 Å². The first-order valence-corrected chi connectivity index (χ1v) is 17.7. The lowest BCUT2D eigenvalue weighted by atomic mass is 9.86. The number of rotatable bonds is 7. The van der Waals surface area contributed by atoms with Crippen LogP contribution in [0.5, 0.6) is 5.75 Å². The number of unbranched alkanes of at least 4 members (excludes halogenated alkanes) is 1. The minimum atomic E-state index is 0.699. The zero-order valence-corrected chi connectivity index (χ0v) is 27.7. The van der Waals surface area contributed by atoms with Crippen molar-refractivity contribution in [3.63, 3.8) is 0 Å². The Morgan fingerprint density at radius 2 is 1.58 bits per heavy atom. The molecule has 8 aromatic rings. The highest BCUT2D eigenvalue weighted by Crippen LogP contribution is 2.41. The number of ether oxygens (including phenoxy) is 1. The monoisotopic (exact) mass is 638 g/mol. The first-order chi connectivity index (χ1) is 23.8. The van der Waals surface area contributed by atoms with Crippen LogP contribution in [0.4, 0.5) is 0 Å². The molecule has 0 bridgehead atoms. The van der Waals surface area contributed by atoms with Gasteiger partial charge in [-0.2, -0.15) is 0 Å². The number of hydrogen-bond donors (Lipinski definition) is 0. The highest BCUT2D eigenvalue weighted by molar-refractivity contribution is 7.21. The van der Waals surface area contributed by atoms with Crippen LogP contribution >= 0.6 is 11.3 Å². The first-order valence-electron chi connectivity index (χ1n) is 16.9. The lowest BCUT2D eigenvalue weighted by Crippen LogP contribution is -2.30. The smallest absolute Gasteiger partial charge is 0.145 e. The van der Waals surface area contributed by atoms with Crippen LogP contribution in [0.1, 0.15) is 38.2 Å². The minimum absolute atomic E-state index is 0.699. The van der Waals surface area contributed by atoms with E-state index in [0.717, 1.165) is 52.9 Å². The largest absolute Gasteiger partial charge is 0.491 e. The maximum Gasteiger partial charge on any atom is 0.145 e. The van der Waals surface area contributed by atoms with Crippen LogP contribution in [0.15, 0.2) is 121 Å². The Bertz CT molecular complexity index is 2600. The van der Waals surface area contributed by atoms with Gasteiger partial charge in [0.15, 0.2) is 0 Å². The maximum atomic E-state index is 6.23. The fourth-order valence-electron chi connectivity index (χ4n) is 7.35. The van der Waals surface area contributed by atoms with Crippen molar-refractivity contribution in [1.82, 2.24) is 9.97 Å². The molecule has 3 nitrogen and oxygen atoms in total. The van der Waals surface area contributed by atoms with Gasteiger partial charge in [-0.15, -0.1) is 11.3 Å². The molecule has 0 saturated carbocycles. The third-order valence-electron chi connectivity index (χ3n) is 9.69. The zero-order valence-electron chi connectivity index (χ0n) is 26.9. The molecule has 232 valence electrons. The van der Waals surface area contributed by atoms with Gasteiger partial charge in [0.2, 0.25) is 0 Å². The standard InChI is InChI=1S/C44H34N2OS/c1-2-3-26-47-40-24-23-35(37-14-9-25-45-43(37)40)42-32-11-5-4-10-30(32)27-38-33-13-8-12-31(34(33)21-22-36(38)42)28-17-19-29(20-18-28)44-46-39-15-6-7-16-41(39)48-44/h4-7,9-11,13-25,27H,2-3,8,12,26H2,1H3. The number of aromatic nitrogens is 2. The van der Waals surface area contributed by atoms with E-state index in [-0.39, 0.29) is 0 Å². The number of hydrogen-bond acceptors (Lipinski definition) is 4. The quantitative estimate of drug-likeness (QED) is 0.129. The van der Waals surface area contributed by atoms with Gasteiger partial charge < -0.3 is 4.74 Å². The molecule has 0 N–H and O–H groups in total. The molecule has 0 amide bonds. The lowest BCUT2D eigenvalue weighted by molar-refractivity contribution is 0.312. The Labute approximate surface area is 283 Å². The second-order valence-electron chi connectivity index (χ2n) is 12.6. The average Bonchev–Trinajstić information content (AvgIpc) is 3.59. The molecule has 1 aliphatic rings. The molecule has 6 aromatic carbocycles. The molecule has 0 aliphatic heterocycles. The van der Waals surface area contributed by atoms with E-state index in [0.29, 0.717) is 6.61 Å². The Balaban J connectivity index is 1.22. The molecule has 48 heavy (non-hydrogen) atoms. The number of benzene rings is 6. The topological polar surface area (TPSA) is 35.0 Å². The number of fused-ring (bicyclic) bond motifs is 6. The van der Waals surface area contributed by atoms with E-state index >= 15 is 0 Å². The van der Waals surface area contributed by atoms with E-state index in [1.807, 2.05) is 12.3 Å². The van der Waals surface area contributed by atoms with Gasteiger partial charge in [0, 0.05) is 17.1 Å². The van der Waals surface area contributed by atoms with Gasteiger partial charge in [-0.05, 0) is 110 Å². The van der Waals surface area contributed by atoms with Crippen LogP contribution in [-0.4, -0.2) is 16.6 Å². The lowest BCUT2D eigenvalue weighted by Gasteiger charge is -2.18. The Kier molecular flexibility index (Phi) is 7.24. The second-order valence-corrected chi connectivity index (χ2v) is 13.6. The molecule has 0 spiro atoms. The third-order valence-corrected chi connectivity index (χ3v) is 10.8. The van der Waals surface area contributed by atoms with Crippen molar-refractivity contribution in [3.8, 4) is 27.4 Å². The van der Waals surface area contributed by atoms with E-state index in [4.69, 9.17) is 14.7 Å². The van der Waals surface area contributed by atoms with Crippen LogP contribution in [0.2, 0.25) is 0 Å². The fraction of sp³-hybridized carbons (Fsp3) is 0.136. The van der Waals surface area contributed by atoms with E-state index < -0.39 is 0 Å². The Hall–Kier alpha value is -5.32. The molecule has 0 radical (unpaired) electrons. The first kappa shape index (κ1) is 28.9. The molecule has 0 saturated heterocycles. The molecule has 0 unspecified atom stereocenters. The summed E-state index contributed by atoms with van der Waals surface area (Å²) < 4.78 is 7.45. The van der Waals surface area contributed by atoms with Crippen LogP contribution in [0, 0.1) is 0 Å². The average molecular weight is 639 g/mol. The Morgan fingerprint density at radius 3 is 2.48 bits per heavy atom. The molecule has 0 atom stereocenters. The highest BCUT2D eigenvalue weighted by Gasteiger charge is 2.18. The third kappa shape index (κ3) is 4.87. The van der Waals surface area contributed by atoms with Gasteiger partial charge in [-0.1, -0.05) is 98.3 Å². The second kappa shape index (κ2) is 12.0. The highest BCUT2D eigenvalue weighted by atomic mass is 32.1. The van der Waals surface area contributed by atoms with Gasteiger partial charge in [0.25, 0.3) is 0 Å². The Morgan fingerprint density at radius 1 is 0.750 bits per heavy atom. The number of nitrogens with zero attached hydrogens (tertiary/aromatic N) is 2. The van der Waals surface area contributed by atoms with Crippen molar-refractivity contribution in [2.24, 2.45) is 0 Å². The van der Waals surface area contributed by atoms with Crippen molar-refractivity contribution < 1.29 is 4.74 Å². The number of thiazole rings is 1. The molecular formula is C44H34N2OS. The van der Waals surface area contributed by atoms with E-state index in [1.165, 1.54) is 64.5 Å². The molecule has 0 fully saturated rings. The maximum absolute atomic E-state index is 6.23. The van der Waals surface area contributed by atoms with Gasteiger partial charge in [0.1, 0.15) is 16.3 Å². The van der Waals surface area contributed by atoms with Crippen LogP contribution < -0.4 is 15.2 Å². The van der Waals surface area contributed by atoms with E-state index in [9.17, 15) is 0 Å². The van der Waals surface area contributed by atoms with E-state index in [2.05, 4.69) is 122 Å². The SMILES string of the molecule is CCCCOc1ccc(-c2c3ccccc3cc3c4c(ccc23)=C(c2ccc(-c3nc5ccccc5s3)cc2)CCC=4)c2cccnc12. The summed E-state index contributed by atoms with van der Waals surface area (Å²) in [6, 6.07) is 41.9. The van der Waals surface area contributed by atoms with Crippen molar-refractivity contribution in [1.29, 1.82) is 0 Å². The van der Waals surface area contributed by atoms with Crippen LogP contribution in [0.3, 0.4) is 0 Å². The summed E-state index contributed by atoms with van der Waals surface area (Å²) in [7, 11) is 0.